The molecule has 0 aliphatic heterocycles. The van der Waals surface area contributed by atoms with Crippen molar-refractivity contribution in [1.82, 2.24) is 15.2 Å². The van der Waals surface area contributed by atoms with E-state index >= 15 is 0 Å². The van der Waals surface area contributed by atoms with Gasteiger partial charge in [0.05, 0.1) is 18.8 Å². The number of hydrogen-bond acceptors (Lipinski definition) is 5. The van der Waals surface area contributed by atoms with Gasteiger partial charge in [-0.3, -0.25) is 16.0 Å². The number of nitrogens with one attached hydrogen (secondary N) is 1. The molecular formula is C7H15N5O. The van der Waals surface area contributed by atoms with Gasteiger partial charge in [-0.1, -0.05) is 0 Å². The number of rotatable bonds is 4. The molecule has 0 fully saturated rings. The van der Waals surface area contributed by atoms with Crippen LogP contribution in [0.3, 0.4) is 0 Å². The quantitative estimate of drug-likeness (QED) is 0.420. The molecule has 0 bridgehead atoms. The molecule has 0 aliphatic carbocycles. The molecular weight excluding hydrogens is 170 g/mol. The lowest BCUT2D eigenvalue weighted by Crippen LogP contribution is -2.31. The highest BCUT2D eigenvalue weighted by Gasteiger charge is 2.15. The van der Waals surface area contributed by atoms with Gasteiger partial charge in [-0.05, 0) is 0 Å². The molecule has 1 rings (SSSR count). The van der Waals surface area contributed by atoms with Crippen LogP contribution in [0.4, 0.5) is 5.82 Å². The van der Waals surface area contributed by atoms with Crippen molar-refractivity contribution in [3.05, 3.63) is 11.8 Å². The van der Waals surface area contributed by atoms with E-state index in [1.54, 1.807) is 25.0 Å². The minimum absolute atomic E-state index is 0.112. The van der Waals surface area contributed by atoms with Crippen molar-refractivity contribution >= 4 is 5.82 Å². The van der Waals surface area contributed by atoms with Crippen LogP contribution in [0.15, 0.2) is 6.20 Å². The summed E-state index contributed by atoms with van der Waals surface area (Å²) in [7, 11) is 3.39. The average Bonchev–Trinajstić information content (AvgIpc) is 2.45. The summed E-state index contributed by atoms with van der Waals surface area (Å²) >= 11 is 0. The Kier molecular flexibility index (Phi) is 3.24. The van der Waals surface area contributed by atoms with Gasteiger partial charge in [0.1, 0.15) is 5.82 Å². The van der Waals surface area contributed by atoms with Gasteiger partial charge in [-0.25, -0.2) is 0 Å². The van der Waals surface area contributed by atoms with Gasteiger partial charge in [0.25, 0.3) is 0 Å². The fourth-order valence-electron chi connectivity index (χ4n) is 1.13. The number of nitrogen functional groups attached to an aromatic ring is 1. The Bertz CT molecular complexity index is 272. The van der Waals surface area contributed by atoms with Crippen molar-refractivity contribution in [1.29, 1.82) is 0 Å². The molecule has 6 nitrogen and oxygen atoms in total. The number of ether oxygens (including phenoxy) is 1. The second kappa shape index (κ2) is 4.22. The maximum Gasteiger partial charge on any atom is 0.126 e. The number of hydrogen-bond donors (Lipinski definition) is 3. The molecule has 0 radical (unpaired) electrons. The Morgan fingerprint density at radius 1 is 1.77 bits per heavy atom. The van der Waals surface area contributed by atoms with Gasteiger partial charge in [0, 0.05) is 19.7 Å². The molecule has 1 unspecified atom stereocenters. The summed E-state index contributed by atoms with van der Waals surface area (Å²) in [6.45, 7) is 0.465. The number of methoxy groups -OCH3 is 1. The molecule has 13 heavy (non-hydrogen) atoms. The summed E-state index contributed by atoms with van der Waals surface area (Å²) < 4.78 is 6.57. The highest BCUT2D eigenvalue weighted by Crippen LogP contribution is 2.18. The zero-order valence-corrected chi connectivity index (χ0v) is 7.82. The van der Waals surface area contributed by atoms with Gasteiger partial charge < -0.3 is 10.5 Å². The molecule has 1 heterocycles. The van der Waals surface area contributed by atoms with Crippen LogP contribution in [0.1, 0.15) is 11.6 Å². The smallest absolute Gasteiger partial charge is 0.126 e. The fraction of sp³-hybridized carbons (Fsp3) is 0.571. The van der Waals surface area contributed by atoms with Crippen LogP contribution >= 0.6 is 0 Å². The lowest BCUT2D eigenvalue weighted by Gasteiger charge is -2.13. The van der Waals surface area contributed by atoms with Crippen LogP contribution in [-0.4, -0.2) is 23.5 Å². The molecule has 5 N–H and O–H groups in total. The van der Waals surface area contributed by atoms with E-state index in [2.05, 4.69) is 10.5 Å². The molecule has 1 atom stereocenters. The molecule has 0 aromatic carbocycles. The molecule has 0 amide bonds. The Hall–Kier alpha value is -1.11. The first-order valence-corrected chi connectivity index (χ1v) is 3.93. The van der Waals surface area contributed by atoms with E-state index < -0.39 is 0 Å². The first-order chi connectivity index (χ1) is 6.20. The minimum Gasteiger partial charge on any atom is -0.384 e. The molecule has 1 aromatic rings. The number of hydrazine groups is 1. The molecule has 0 spiro atoms. The van der Waals surface area contributed by atoms with Crippen LogP contribution in [0.5, 0.6) is 0 Å². The summed E-state index contributed by atoms with van der Waals surface area (Å²) in [5.41, 5.74) is 9.23. The van der Waals surface area contributed by atoms with E-state index in [4.69, 9.17) is 16.3 Å². The van der Waals surface area contributed by atoms with E-state index in [-0.39, 0.29) is 6.04 Å². The highest BCUT2D eigenvalue weighted by atomic mass is 16.5. The largest absolute Gasteiger partial charge is 0.384 e. The van der Waals surface area contributed by atoms with Gasteiger partial charge >= 0.3 is 0 Å². The van der Waals surface area contributed by atoms with Crippen molar-refractivity contribution in [2.24, 2.45) is 12.9 Å². The third-order valence-corrected chi connectivity index (χ3v) is 1.92. The van der Waals surface area contributed by atoms with Crippen LogP contribution in [-0.2, 0) is 11.8 Å². The van der Waals surface area contributed by atoms with Gasteiger partial charge in [-0.15, -0.1) is 0 Å². The summed E-state index contributed by atoms with van der Waals surface area (Å²) in [5, 5.41) is 4.01. The maximum absolute atomic E-state index is 5.76. The number of nitrogens with zero attached hydrogens (tertiary/aromatic N) is 2. The highest BCUT2D eigenvalue weighted by molar-refractivity contribution is 5.40. The van der Waals surface area contributed by atoms with Crippen LogP contribution in [0.2, 0.25) is 0 Å². The Morgan fingerprint density at radius 3 is 2.85 bits per heavy atom. The molecule has 0 aliphatic rings. The van der Waals surface area contributed by atoms with Crippen LogP contribution in [0.25, 0.3) is 0 Å². The van der Waals surface area contributed by atoms with Crippen molar-refractivity contribution in [3.8, 4) is 0 Å². The lowest BCUT2D eigenvalue weighted by atomic mass is 10.1. The Balaban J connectivity index is 2.84. The third kappa shape index (κ3) is 1.97. The van der Waals surface area contributed by atoms with Gasteiger partial charge in [0.15, 0.2) is 0 Å². The van der Waals surface area contributed by atoms with E-state index in [0.717, 1.165) is 5.56 Å². The first-order valence-electron chi connectivity index (χ1n) is 3.93. The van der Waals surface area contributed by atoms with Crippen LogP contribution in [0, 0.1) is 0 Å². The number of aryl methyl sites for hydroxylation is 1. The van der Waals surface area contributed by atoms with Crippen molar-refractivity contribution in [2.45, 2.75) is 6.04 Å². The van der Waals surface area contributed by atoms with Gasteiger partial charge in [-0.2, -0.15) is 5.10 Å². The predicted molar refractivity (Wildman–Crippen MR) is 49.6 cm³/mol. The second-order valence-electron chi connectivity index (χ2n) is 2.78. The number of nitrogens with two attached hydrogens (primary N) is 2. The normalized spacial score (nSPS) is 13.2. The minimum atomic E-state index is -0.112. The molecule has 74 valence electrons. The molecule has 0 saturated carbocycles. The summed E-state index contributed by atoms with van der Waals surface area (Å²) in [5.74, 6) is 5.94. The SMILES string of the molecule is COCC(NN)c1cnn(C)c1N. The summed E-state index contributed by atoms with van der Waals surface area (Å²) in [4.78, 5) is 0. The van der Waals surface area contributed by atoms with Crippen molar-refractivity contribution < 1.29 is 4.74 Å². The third-order valence-electron chi connectivity index (χ3n) is 1.92. The summed E-state index contributed by atoms with van der Waals surface area (Å²) in [6, 6.07) is -0.112. The summed E-state index contributed by atoms with van der Waals surface area (Å²) in [6.07, 6.45) is 1.68. The Labute approximate surface area is 76.8 Å². The maximum atomic E-state index is 5.76. The zero-order valence-electron chi connectivity index (χ0n) is 7.82. The van der Waals surface area contributed by atoms with Gasteiger partial charge in [0.2, 0.25) is 0 Å². The first kappa shape index (κ1) is 9.97. The molecule has 0 saturated heterocycles. The van der Waals surface area contributed by atoms with Crippen LogP contribution < -0.4 is 17.0 Å². The second-order valence-corrected chi connectivity index (χ2v) is 2.78. The monoisotopic (exact) mass is 185 g/mol. The fourth-order valence-corrected chi connectivity index (χ4v) is 1.13. The number of anilines is 1. The molecule has 1 aromatic heterocycles. The standard InChI is InChI=1S/C7H15N5O/c1-12-7(8)5(3-10-12)6(11-9)4-13-2/h3,6,11H,4,8-9H2,1-2H3. The van der Waals surface area contributed by atoms with E-state index in [9.17, 15) is 0 Å². The van der Waals surface area contributed by atoms with Crippen molar-refractivity contribution in [2.75, 3.05) is 19.5 Å². The van der Waals surface area contributed by atoms with E-state index in [1.807, 2.05) is 0 Å². The van der Waals surface area contributed by atoms with E-state index in [1.165, 1.54) is 0 Å². The number of aromatic nitrogens is 2. The lowest BCUT2D eigenvalue weighted by molar-refractivity contribution is 0.167. The van der Waals surface area contributed by atoms with Crippen molar-refractivity contribution in [3.63, 3.8) is 0 Å². The predicted octanol–water partition coefficient (Wildman–Crippen LogP) is -0.847. The molecule has 6 heteroatoms. The topological polar surface area (TPSA) is 91.1 Å². The Morgan fingerprint density at radius 2 is 2.46 bits per heavy atom. The van der Waals surface area contributed by atoms with E-state index in [0.29, 0.717) is 12.4 Å². The zero-order chi connectivity index (χ0) is 9.84. The average molecular weight is 185 g/mol.